The highest BCUT2D eigenvalue weighted by atomic mass is 32.2. The molecule has 0 saturated carbocycles. The second kappa shape index (κ2) is 6.84. The normalized spacial score (nSPS) is 21.2. The molecular weight excluding hydrogens is 312 g/mol. The summed E-state index contributed by atoms with van der Waals surface area (Å²) >= 11 is 0. The first-order valence-electron chi connectivity index (χ1n) is 7.85. The van der Waals surface area contributed by atoms with Crippen molar-refractivity contribution < 1.29 is 13.2 Å². The third-order valence-electron chi connectivity index (χ3n) is 4.11. The fourth-order valence-electron chi connectivity index (χ4n) is 2.71. The highest BCUT2D eigenvalue weighted by Crippen LogP contribution is 2.24. The van der Waals surface area contributed by atoms with Gasteiger partial charge in [0.25, 0.3) is 5.91 Å². The van der Waals surface area contributed by atoms with Crippen molar-refractivity contribution in [1.82, 2.24) is 10.0 Å². The molecule has 0 saturated heterocycles. The molecule has 1 aliphatic rings. The molecule has 1 aliphatic carbocycles. The van der Waals surface area contributed by atoms with Crippen molar-refractivity contribution in [3.63, 3.8) is 0 Å². The minimum atomic E-state index is -3.57. The number of aryl methyl sites for hydroxylation is 1. The number of amides is 1. The molecule has 23 heavy (non-hydrogen) atoms. The lowest BCUT2D eigenvalue weighted by atomic mass is 9.87. The summed E-state index contributed by atoms with van der Waals surface area (Å²) in [5.41, 5.74) is 0.877. The third-order valence-corrected chi connectivity index (χ3v) is 5.65. The molecule has 0 bridgehead atoms. The number of carbonyl (C=O) groups is 1. The number of sulfonamides is 1. The maximum atomic E-state index is 12.6. The molecule has 1 unspecified atom stereocenters. The molecular formula is C17H24N2O3S. The second-order valence-corrected chi connectivity index (χ2v) is 7.97. The van der Waals surface area contributed by atoms with Gasteiger partial charge in [0.1, 0.15) is 0 Å². The molecule has 0 spiro atoms. The molecule has 0 fully saturated rings. The van der Waals surface area contributed by atoms with Gasteiger partial charge in [-0.05, 0) is 50.8 Å². The van der Waals surface area contributed by atoms with Crippen molar-refractivity contribution in [3.8, 4) is 0 Å². The zero-order valence-corrected chi connectivity index (χ0v) is 14.7. The summed E-state index contributed by atoms with van der Waals surface area (Å²) in [6, 6.07) is 4.64. The van der Waals surface area contributed by atoms with Crippen LogP contribution >= 0.6 is 0 Å². The van der Waals surface area contributed by atoms with Crippen LogP contribution in [-0.4, -0.2) is 26.4 Å². The molecule has 5 nitrogen and oxygen atoms in total. The maximum Gasteiger partial charge on any atom is 0.252 e. The number of hydrogen-bond donors (Lipinski definition) is 2. The van der Waals surface area contributed by atoms with Gasteiger partial charge in [0.15, 0.2) is 0 Å². The number of rotatable bonds is 5. The van der Waals surface area contributed by atoms with E-state index in [1.807, 2.05) is 13.8 Å². The first-order valence-corrected chi connectivity index (χ1v) is 9.33. The van der Waals surface area contributed by atoms with E-state index in [2.05, 4.69) is 22.2 Å². The van der Waals surface area contributed by atoms with Gasteiger partial charge in [-0.15, -0.1) is 0 Å². The lowest BCUT2D eigenvalue weighted by Crippen LogP contribution is -2.46. The summed E-state index contributed by atoms with van der Waals surface area (Å²) in [5.74, 6) is -0.228. The van der Waals surface area contributed by atoms with Gasteiger partial charge in [-0.25, -0.2) is 13.1 Å². The van der Waals surface area contributed by atoms with Crippen LogP contribution in [-0.2, 0) is 10.0 Å². The van der Waals surface area contributed by atoms with Gasteiger partial charge in [0.05, 0.1) is 4.90 Å². The Morgan fingerprint density at radius 1 is 1.30 bits per heavy atom. The SMILES string of the molecule is CCNS(=O)(=O)c1ccc(C)c(C(=O)NC2(C)CC=CCC2)c1. The number of carbonyl (C=O) groups excluding carboxylic acids is 1. The molecule has 126 valence electrons. The predicted octanol–water partition coefficient (Wildman–Crippen LogP) is 2.52. The van der Waals surface area contributed by atoms with Crippen LogP contribution in [0.5, 0.6) is 0 Å². The monoisotopic (exact) mass is 336 g/mol. The molecule has 6 heteroatoms. The van der Waals surface area contributed by atoms with E-state index in [-0.39, 0.29) is 16.3 Å². The lowest BCUT2D eigenvalue weighted by Gasteiger charge is -2.32. The van der Waals surface area contributed by atoms with Crippen LogP contribution in [0.4, 0.5) is 0 Å². The quantitative estimate of drug-likeness (QED) is 0.811. The molecule has 2 N–H and O–H groups in total. The van der Waals surface area contributed by atoms with Crippen LogP contribution in [0.1, 0.15) is 49.0 Å². The third kappa shape index (κ3) is 4.20. The van der Waals surface area contributed by atoms with E-state index in [1.54, 1.807) is 13.0 Å². The summed E-state index contributed by atoms with van der Waals surface area (Å²) in [7, 11) is -3.57. The second-order valence-electron chi connectivity index (χ2n) is 6.21. The van der Waals surface area contributed by atoms with Crippen LogP contribution in [0.3, 0.4) is 0 Å². The predicted molar refractivity (Wildman–Crippen MR) is 90.9 cm³/mol. The number of benzene rings is 1. The average Bonchev–Trinajstić information content (AvgIpc) is 2.47. The smallest absolute Gasteiger partial charge is 0.252 e. The fraction of sp³-hybridized carbons (Fsp3) is 0.471. The van der Waals surface area contributed by atoms with E-state index in [0.717, 1.165) is 24.8 Å². The zero-order chi connectivity index (χ0) is 17.1. The molecule has 1 atom stereocenters. The van der Waals surface area contributed by atoms with E-state index >= 15 is 0 Å². The molecule has 1 aromatic rings. The highest BCUT2D eigenvalue weighted by Gasteiger charge is 2.27. The Kier molecular flexibility index (Phi) is 5.26. The van der Waals surface area contributed by atoms with Crippen LogP contribution in [0.15, 0.2) is 35.2 Å². The van der Waals surface area contributed by atoms with Gasteiger partial charge >= 0.3 is 0 Å². The van der Waals surface area contributed by atoms with Gasteiger partial charge in [-0.3, -0.25) is 4.79 Å². The molecule has 0 aliphatic heterocycles. The summed E-state index contributed by atoms with van der Waals surface area (Å²) in [6.07, 6.45) is 6.78. The van der Waals surface area contributed by atoms with E-state index in [9.17, 15) is 13.2 Å². The van der Waals surface area contributed by atoms with Crippen molar-refractivity contribution in [1.29, 1.82) is 0 Å². The van der Waals surface area contributed by atoms with E-state index < -0.39 is 10.0 Å². The minimum absolute atomic E-state index is 0.115. The Labute approximate surface area is 138 Å². The summed E-state index contributed by atoms with van der Waals surface area (Å²) in [6.45, 7) is 5.85. The number of nitrogens with one attached hydrogen (secondary N) is 2. The van der Waals surface area contributed by atoms with E-state index in [4.69, 9.17) is 0 Å². The van der Waals surface area contributed by atoms with Crippen molar-refractivity contribution in [3.05, 3.63) is 41.5 Å². The van der Waals surface area contributed by atoms with Gasteiger partial charge in [0, 0.05) is 17.6 Å². The molecule has 1 amide bonds. The van der Waals surface area contributed by atoms with Crippen LogP contribution < -0.4 is 10.0 Å². The van der Waals surface area contributed by atoms with Gasteiger partial charge in [0.2, 0.25) is 10.0 Å². The van der Waals surface area contributed by atoms with Crippen molar-refractivity contribution in [2.24, 2.45) is 0 Å². The maximum absolute atomic E-state index is 12.6. The molecule has 2 rings (SSSR count). The largest absolute Gasteiger partial charge is 0.347 e. The van der Waals surface area contributed by atoms with Crippen LogP contribution in [0.25, 0.3) is 0 Å². The average molecular weight is 336 g/mol. The van der Waals surface area contributed by atoms with Gasteiger partial charge < -0.3 is 5.32 Å². The molecule has 0 aromatic heterocycles. The Bertz CT molecular complexity index is 725. The first kappa shape index (κ1) is 17.7. The first-order chi connectivity index (χ1) is 10.8. The van der Waals surface area contributed by atoms with E-state index in [1.165, 1.54) is 12.1 Å². The Hall–Kier alpha value is -1.66. The summed E-state index contributed by atoms with van der Waals surface area (Å²) < 4.78 is 26.7. The topological polar surface area (TPSA) is 75.3 Å². The summed E-state index contributed by atoms with van der Waals surface area (Å²) in [5, 5.41) is 3.06. The molecule has 0 radical (unpaired) electrons. The molecule has 1 aromatic carbocycles. The Morgan fingerprint density at radius 3 is 2.65 bits per heavy atom. The standard InChI is InChI=1S/C17H24N2O3S/c1-4-18-23(21,22)14-9-8-13(2)15(12-14)16(20)19-17(3)10-6-5-7-11-17/h5-6,8-9,12,18H,4,7,10-11H2,1-3H3,(H,19,20). The van der Waals surface area contributed by atoms with Crippen molar-refractivity contribution in [2.45, 2.75) is 50.5 Å². The van der Waals surface area contributed by atoms with Crippen LogP contribution in [0, 0.1) is 6.92 Å². The molecule has 0 heterocycles. The summed E-state index contributed by atoms with van der Waals surface area (Å²) in [4.78, 5) is 12.7. The zero-order valence-electron chi connectivity index (χ0n) is 13.8. The van der Waals surface area contributed by atoms with E-state index in [0.29, 0.717) is 12.1 Å². The lowest BCUT2D eigenvalue weighted by molar-refractivity contribution is 0.0900. The minimum Gasteiger partial charge on any atom is -0.347 e. The fourth-order valence-corrected chi connectivity index (χ4v) is 3.77. The van der Waals surface area contributed by atoms with Gasteiger partial charge in [-0.1, -0.05) is 25.1 Å². The van der Waals surface area contributed by atoms with Crippen molar-refractivity contribution >= 4 is 15.9 Å². The Balaban J connectivity index is 2.28. The highest BCUT2D eigenvalue weighted by molar-refractivity contribution is 7.89. The van der Waals surface area contributed by atoms with Crippen molar-refractivity contribution in [2.75, 3.05) is 6.54 Å². The number of allylic oxidation sites excluding steroid dienone is 1. The Morgan fingerprint density at radius 2 is 2.04 bits per heavy atom. The van der Waals surface area contributed by atoms with Gasteiger partial charge in [-0.2, -0.15) is 0 Å². The number of hydrogen-bond acceptors (Lipinski definition) is 3. The van der Waals surface area contributed by atoms with Crippen LogP contribution in [0.2, 0.25) is 0 Å².